The van der Waals surface area contributed by atoms with E-state index < -0.39 is 11.8 Å². The van der Waals surface area contributed by atoms with Gasteiger partial charge in [0.05, 0.1) is 17.7 Å². The SMILES string of the molecule is CCCCCCOc1ccccc1C(=O)NC(=S)NNC(=O)c1ccccc1OCc1ccccc1. The van der Waals surface area contributed by atoms with Gasteiger partial charge in [0.15, 0.2) is 5.11 Å². The summed E-state index contributed by atoms with van der Waals surface area (Å²) in [5.41, 5.74) is 6.76. The van der Waals surface area contributed by atoms with Crippen molar-refractivity contribution in [2.24, 2.45) is 0 Å². The van der Waals surface area contributed by atoms with E-state index in [1.165, 1.54) is 0 Å². The Morgan fingerprint density at radius 1 is 0.722 bits per heavy atom. The normalized spacial score (nSPS) is 10.2. The van der Waals surface area contributed by atoms with Crippen molar-refractivity contribution >= 4 is 29.1 Å². The molecular formula is C28H31N3O4S. The lowest BCUT2D eigenvalue weighted by molar-refractivity contribution is 0.0930. The lowest BCUT2D eigenvalue weighted by Crippen LogP contribution is -2.48. The number of rotatable bonds is 11. The number of benzene rings is 3. The van der Waals surface area contributed by atoms with Gasteiger partial charge in [-0.25, -0.2) is 0 Å². The van der Waals surface area contributed by atoms with Crippen LogP contribution in [0.15, 0.2) is 78.9 Å². The maximum absolute atomic E-state index is 12.7. The minimum atomic E-state index is -0.453. The lowest BCUT2D eigenvalue weighted by Gasteiger charge is -2.15. The van der Waals surface area contributed by atoms with E-state index in [1.807, 2.05) is 36.4 Å². The maximum Gasteiger partial charge on any atom is 0.273 e. The molecule has 0 radical (unpaired) electrons. The zero-order valence-corrected chi connectivity index (χ0v) is 21.1. The van der Waals surface area contributed by atoms with Crippen LogP contribution in [0.5, 0.6) is 11.5 Å². The topological polar surface area (TPSA) is 88.7 Å². The van der Waals surface area contributed by atoms with E-state index in [0.29, 0.717) is 35.8 Å². The molecule has 0 saturated heterocycles. The molecule has 0 atom stereocenters. The summed E-state index contributed by atoms with van der Waals surface area (Å²) in [5.74, 6) is 0.0343. The zero-order chi connectivity index (χ0) is 25.6. The molecular weight excluding hydrogens is 474 g/mol. The summed E-state index contributed by atoms with van der Waals surface area (Å²) in [6.07, 6.45) is 4.30. The molecule has 3 N–H and O–H groups in total. The first-order chi connectivity index (χ1) is 17.6. The molecule has 0 bridgehead atoms. The van der Waals surface area contributed by atoms with Crippen LogP contribution in [0.4, 0.5) is 0 Å². The highest BCUT2D eigenvalue weighted by atomic mass is 32.1. The number of hydrogen-bond acceptors (Lipinski definition) is 5. The van der Waals surface area contributed by atoms with E-state index in [0.717, 1.165) is 31.2 Å². The molecule has 2 amide bonds. The molecule has 3 aromatic carbocycles. The Morgan fingerprint density at radius 3 is 2.03 bits per heavy atom. The number of carbonyl (C=O) groups excluding carboxylic acids is 2. The van der Waals surface area contributed by atoms with E-state index in [2.05, 4.69) is 23.1 Å². The van der Waals surface area contributed by atoms with Gasteiger partial charge >= 0.3 is 0 Å². The van der Waals surface area contributed by atoms with Gasteiger partial charge < -0.3 is 9.47 Å². The fraction of sp³-hybridized carbons (Fsp3) is 0.250. The molecule has 3 aromatic rings. The number of ether oxygens (including phenoxy) is 2. The zero-order valence-electron chi connectivity index (χ0n) is 20.3. The highest BCUT2D eigenvalue weighted by molar-refractivity contribution is 7.80. The first-order valence-electron chi connectivity index (χ1n) is 12.0. The average Bonchev–Trinajstić information content (AvgIpc) is 2.91. The summed E-state index contributed by atoms with van der Waals surface area (Å²) >= 11 is 5.20. The Labute approximate surface area is 217 Å². The van der Waals surface area contributed by atoms with E-state index >= 15 is 0 Å². The third-order valence-electron chi connectivity index (χ3n) is 5.27. The second kappa shape index (κ2) is 14.5. The van der Waals surface area contributed by atoms with Crippen LogP contribution in [0.1, 0.15) is 58.9 Å². The van der Waals surface area contributed by atoms with Gasteiger partial charge in [0.1, 0.15) is 18.1 Å². The van der Waals surface area contributed by atoms with Gasteiger partial charge in [-0.1, -0.05) is 80.8 Å². The molecule has 3 rings (SSSR count). The third-order valence-corrected chi connectivity index (χ3v) is 5.48. The molecule has 0 aliphatic carbocycles. The Kier molecular flexibility index (Phi) is 10.7. The van der Waals surface area contributed by atoms with Gasteiger partial charge in [0.2, 0.25) is 0 Å². The van der Waals surface area contributed by atoms with Crippen molar-refractivity contribution in [3.63, 3.8) is 0 Å². The first-order valence-corrected chi connectivity index (χ1v) is 12.4. The van der Waals surface area contributed by atoms with Crippen molar-refractivity contribution in [1.82, 2.24) is 16.2 Å². The second-order valence-corrected chi connectivity index (χ2v) is 8.45. The lowest BCUT2D eigenvalue weighted by atomic mass is 10.2. The van der Waals surface area contributed by atoms with E-state index in [-0.39, 0.29) is 5.11 Å². The summed E-state index contributed by atoms with van der Waals surface area (Å²) in [6.45, 7) is 3.01. The molecule has 188 valence electrons. The number of para-hydroxylation sites is 2. The average molecular weight is 506 g/mol. The second-order valence-electron chi connectivity index (χ2n) is 8.04. The van der Waals surface area contributed by atoms with Crippen molar-refractivity contribution in [3.8, 4) is 11.5 Å². The van der Waals surface area contributed by atoms with Gasteiger partial charge in [-0.2, -0.15) is 0 Å². The number of carbonyl (C=O) groups is 2. The smallest absolute Gasteiger partial charge is 0.273 e. The molecule has 8 heteroatoms. The van der Waals surface area contributed by atoms with Crippen molar-refractivity contribution < 1.29 is 19.1 Å². The van der Waals surface area contributed by atoms with Crippen molar-refractivity contribution in [1.29, 1.82) is 0 Å². The summed E-state index contributed by atoms with van der Waals surface area (Å²) in [7, 11) is 0. The third kappa shape index (κ3) is 8.39. The molecule has 0 fully saturated rings. The predicted octanol–water partition coefficient (Wildman–Crippen LogP) is 5.17. The largest absolute Gasteiger partial charge is 0.493 e. The van der Waals surface area contributed by atoms with Crippen molar-refractivity contribution in [2.75, 3.05) is 6.61 Å². The summed E-state index contributed by atoms with van der Waals surface area (Å²) < 4.78 is 11.6. The molecule has 7 nitrogen and oxygen atoms in total. The number of thiocarbonyl (C=S) groups is 1. The molecule has 0 heterocycles. The van der Waals surface area contributed by atoms with Crippen LogP contribution in [-0.2, 0) is 6.61 Å². The first kappa shape index (κ1) is 26.7. The Bertz CT molecular complexity index is 1150. The van der Waals surface area contributed by atoms with Gasteiger partial charge in [-0.05, 0) is 48.5 Å². The van der Waals surface area contributed by atoms with Crippen LogP contribution in [0, 0.1) is 0 Å². The molecule has 0 aromatic heterocycles. The van der Waals surface area contributed by atoms with Crippen LogP contribution in [-0.4, -0.2) is 23.5 Å². The predicted molar refractivity (Wildman–Crippen MR) is 144 cm³/mol. The summed E-state index contributed by atoms with van der Waals surface area (Å²) in [5, 5.41) is 2.52. The fourth-order valence-electron chi connectivity index (χ4n) is 3.39. The fourth-order valence-corrected chi connectivity index (χ4v) is 3.53. The quantitative estimate of drug-likeness (QED) is 0.189. The number of hydrogen-bond donors (Lipinski definition) is 3. The standard InChI is InChI=1S/C28H31N3O4S/c1-2-3-4-12-19-34-24-17-10-8-15-22(24)26(32)29-28(36)31-30-27(33)23-16-9-11-18-25(23)35-20-21-13-6-5-7-14-21/h5-11,13-18H,2-4,12,19-20H2,1H3,(H,30,33)(H2,29,31,32,36). The van der Waals surface area contributed by atoms with Crippen LogP contribution in [0.3, 0.4) is 0 Å². The van der Waals surface area contributed by atoms with E-state index in [4.69, 9.17) is 21.7 Å². The van der Waals surface area contributed by atoms with Crippen LogP contribution < -0.4 is 25.6 Å². The van der Waals surface area contributed by atoms with Crippen molar-refractivity contribution in [2.45, 2.75) is 39.2 Å². The molecule has 36 heavy (non-hydrogen) atoms. The van der Waals surface area contributed by atoms with Gasteiger partial charge in [0, 0.05) is 0 Å². The molecule has 0 saturated carbocycles. The monoisotopic (exact) mass is 505 g/mol. The van der Waals surface area contributed by atoms with Gasteiger partial charge in [0.25, 0.3) is 11.8 Å². The maximum atomic E-state index is 12.7. The minimum absolute atomic E-state index is 0.0474. The van der Waals surface area contributed by atoms with Gasteiger partial charge in [-0.3, -0.25) is 25.8 Å². The van der Waals surface area contributed by atoms with E-state index in [9.17, 15) is 9.59 Å². The number of nitrogens with one attached hydrogen (secondary N) is 3. The molecule has 0 aliphatic heterocycles. The molecule has 0 aliphatic rings. The Balaban J connectivity index is 1.51. The van der Waals surface area contributed by atoms with Crippen molar-refractivity contribution in [3.05, 3.63) is 95.6 Å². The number of unbranched alkanes of at least 4 members (excludes halogenated alkanes) is 3. The Morgan fingerprint density at radius 2 is 1.33 bits per heavy atom. The molecule has 0 unspecified atom stereocenters. The highest BCUT2D eigenvalue weighted by Gasteiger charge is 2.16. The van der Waals surface area contributed by atoms with Crippen LogP contribution in [0.2, 0.25) is 0 Å². The van der Waals surface area contributed by atoms with Crippen LogP contribution in [0.25, 0.3) is 0 Å². The van der Waals surface area contributed by atoms with Gasteiger partial charge in [-0.15, -0.1) is 0 Å². The summed E-state index contributed by atoms with van der Waals surface area (Å²) in [4.78, 5) is 25.5. The number of amides is 2. The highest BCUT2D eigenvalue weighted by Crippen LogP contribution is 2.20. The van der Waals surface area contributed by atoms with E-state index in [1.54, 1.807) is 42.5 Å². The summed E-state index contributed by atoms with van der Waals surface area (Å²) in [6, 6.07) is 23.5. The minimum Gasteiger partial charge on any atom is -0.493 e. The number of hydrazine groups is 1. The Hall–Kier alpha value is -3.91. The van der Waals surface area contributed by atoms with Crippen LogP contribution >= 0.6 is 12.2 Å². The molecule has 0 spiro atoms.